The van der Waals surface area contributed by atoms with Crippen LogP contribution in [-0.4, -0.2) is 58.0 Å². The predicted molar refractivity (Wildman–Crippen MR) is 160 cm³/mol. The predicted octanol–water partition coefficient (Wildman–Crippen LogP) is 5.15. The summed E-state index contributed by atoms with van der Waals surface area (Å²) >= 11 is 12.8. The molecule has 9 nitrogen and oxygen atoms in total. The second-order valence-corrected chi connectivity index (χ2v) is 12.1. The SMILES string of the molecule is COc1ccc(S(=O)(=O)N(CC(=O)N(Cc2c(Cl)cccc2Cl)[C@H](C)C(=O)NC(C)C)c2ccccc2)cc1OC. The lowest BCUT2D eigenvalue weighted by Crippen LogP contribution is -2.52. The number of rotatable bonds is 12. The zero-order valence-electron chi connectivity index (χ0n) is 23.4. The highest BCUT2D eigenvalue weighted by molar-refractivity contribution is 7.92. The summed E-state index contributed by atoms with van der Waals surface area (Å²) in [5.41, 5.74) is 0.688. The smallest absolute Gasteiger partial charge is 0.264 e. The molecule has 0 unspecified atom stereocenters. The maximum atomic E-state index is 14.0. The Labute approximate surface area is 251 Å². The molecule has 3 aromatic rings. The van der Waals surface area contributed by atoms with Gasteiger partial charge in [-0.1, -0.05) is 47.5 Å². The van der Waals surface area contributed by atoms with Crippen LogP contribution in [0.2, 0.25) is 10.0 Å². The van der Waals surface area contributed by atoms with Crippen LogP contribution in [0.25, 0.3) is 0 Å². The van der Waals surface area contributed by atoms with Crippen LogP contribution in [0.3, 0.4) is 0 Å². The number of hydrogen-bond acceptors (Lipinski definition) is 6. The molecule has 3 aromatic carbocycles. The van der Waals surface area contributed by atoms with Crippen molar-refractivity contribution >= 4 is 50.7 Å². The number of nitrogens with one attached hydrogen (secondary N) is 1. The molecule has 0 heterocycles. The summed E-state index contributed by atoms with van der Waals surface area (Å²) in [6, 6.07) is 16.2. The Hall–Kier alpha value is -3.47. The first-order valence-electron chi connectivity index (χ1n) is 12.7. The summed E-state index contributed by atoms with van der Waals surface area (Å²) < 4.78 is 39.6. The standard InChI is InChI=1S/C29H33Cl2N3O6S/c1-19(2)32-29(36)20(3)33(17-23-24(30)12-9-13-25(23)31)28(35)18-34(21-10-7-6-8-11-21)41(37,38)22-14-15-26(39-4)27(16-22)40-5/h6-16,19-20H,17-18H2,1-5H3,(H,32,36)/t20-/m1/s1. The number of anilines is 1. The highest BCUT2D eigenvalue weighted by Crippen LogP contribution is 2.33. The third-order valence-electron chi connectivity index (χ3n) is 6.25. The van der Waals surface area contributed by atoms with Crippen molar-refractivity contribution in [1.82, 2.24) is 10.2 Å². The normalized spacial score (nSPS) is 12.0. The van der Waals surface area contributed by atoms with E-state index in [1.807, 2.05) is 0 Å². The summed E-state index contributed by atoms with van der Waals surface area (Å²) in [6.45, 7) is 4.43. The molecule has 3 rings (SSSR count). The van der Waals surface area contributed by atoms with E-state index in [0.29, 0.717) is 21.4 Å². The summed E-state index contributed by atoms with van der Waals surface area (Å²) in [7, 11) is -1.46. The molecule has 0 bridgehead atoms. The Morgan fingerprint density at radius 2 is 1.49 bits per heavy atom. The maximum absolute atomic E-state index is 14.0. The van der Waals surface area contributed by atoms with Gasteiger partial charge in [-0.2, -0.15) is 0 Å². The van der Waals surface area contributed by atoms with Gasteiger partial charge in [0.2, 0.25) is 11.8 Å². The molecular formula is C29H33Cl2N3O6S. The largest absolute Gasteiger partial charge is 0.493 e. The quantitative estimate of drug-likeness (QED) is 0.300. The topological polar surface area (TPSA) is 105 Å². The zero-order chi connectivity index (χ0) is 30.3. The van der Waals surface area contributed by atoms with Gasteiger partial charge in [0.1, 0.15) is 12.6 Å². The fourth-order valence-corrected chi connectivity index (χ4v) is 6.02. The molecule has 41 heavy (non-hydrogen) atoms. The van der Waals surface area contributed by atoms with E-state index in [2.05, 4.69) is 5.32 Å². The van der Waals surface area contributed by atoms with Crippen molar-refractivity contribution in [3.8, 4) is 11.5 Å². The van der Waals surface area contributed by atoms with Gasteiger partial charge in [-0.25, -0.2) is 8.42 Å². The molecule has 220 valence electrons. The Morgan fingerprint density at radius 1 is 0.878 bits per heavy atom. The van der Waals surface area contributed by atoms with Crippen molar-refractivity contribution in [3.05, 3.63) is 82.3 Å². The molecular weight excluding hydrogens is 589 g/mol. The Balaban J connectivity index is 2.08. The number of para-hydroxylation sites is 1. The molecule has 1 N–H and O–H groups in total. The Kier molecular flexibility index (Phi) is 10.9. The van der Waals surface area contributed by atoms with Gasteiger partial charge in [0.05, 0.1) is 24.8 Å². The second-order valence-electron chi connectivity index (χ2n) is 9.43. The first-order chi connectivity index (χ1) is 19.4. The van der Waals surface area contributed by atoms with E-state index in [1.165, 1.54) is 37.3 Å². The number of carbonyl (C=O) groups excluding carboxylic acids is 2. The van der Waals surface area contributed by atoms with E-state index in [1.54, 1.807) is 69.3 Å². The van der Waals surface area contributed by atoms with Gasteiger partial charge in [0.25, 0.3) is 10.0 Å². The number of hydrogen-bond donors (Lipinski definition) is 1. The van der Waals surface area contributed by atoms with E-state index >= 15 is 0 Å². The average Bonchev–Trinajstić information content (AvgIpc) is 2.94. The number of amides is 2. The van der Waals surface area contributed by atoms with Crippen molar-refractivity contribution in [3.63, 3.8) is 0 Å². The summed E-state index contributed by atoms with van der Waals surface area (Å²) in [5.74, 6) is -0.491. The molecule has 2 amide bonds. The van der Waals surface area contributed by atoms with Gasteiger partial charge in [0.15, 0.2) is 11.5 Å². The van der Waals surface area contributed by atoms with E-state index < -0.39 is 34.4 Å². The first-order valence-corrected chi connectivity index (χ1v) is 14.9. The first kappa shape index (κ1) is 32.0. The minimum atomic E-state index is -4.30. The van der Waals surface area contributed by atoms with E-state index in [-0.39, 0.29) is 28.9 Å². The molecule has 0 fully saturated rings. The van der Waals surface area contributed by atoms with Crippen LogP contribution < -0.4 is 19.1 Å². The number of carbonyl (C=O) groups is 2. The summed E-state index contributed by atoms with van der Waals surface area (Å²) in [6.07, 6.45) is 0. The summed E-state index contributed by atoms with van der Waals surface area (Å²) in [4.78, 5) is 28.2. The van der Waals surface area contributed by atoms with Crippen LogP contribution in [0, 0.1) is 0 Å². The molecule has 0 aliphatic carbocycles. The fourth-order valence-electron chi connectivity index (χ4n) is 4.07. The third-order valence-corrected chi connectivity index (χ3v) is 8.73. The third kappa shape index (κ3) is 7.63. The number of nitrogens with zero attached hydrogens (tertiary/aromatic N) is 2. The second kappa shape index (κ2) is 13.9. The molecule has 0 aromatic heterocycles. The minimum absolute atomic E-state index is 0.113. The monoisotopic (exact) mass is 621 g/mol. The lowest BCUT2D eigenvalue weighted by molar-refractivity contribution is -0.139. The van der Waals surface area contributed by atoms with Crippen LogP contribution in [0.1, 0.15) is 26.3 Å². The van der Waals surface area contributed by atoms with Crippen molar-refractivity contribution in [1.29, 1.82) is 0 Å². The molecule has 0 saturated heterocycles. The van der Waals surface area contributed by atoms with Crippen molar-refractivity contribution in [2.24, 2.45) is 0 Å². The molecule has 0 aliphatic heterocycles. The van der Waals surface area contributed by atoms with Crippen LogP contribution >= 0.6 is 23.2 Å². The van der Waals surface area contributed by atoms with Gasteiger partial charge in [-0.05, 0) is 57.2 Å². The lowest BCUT2D eigenvalue weighted by atomic mass is 10.1. The number of ether oxygens (including phenoxy) is 2. The number of sulfonamides is 1. The van der Waals surface area contributed by atoms with Crippen molar-refractivity contribution in [2.45, 2.75) is 44.3 Å². The molecule has 0 aliphatic rings. The molecule has 0 spiro atoms. The number of methoxy groups -OCH3 is 2. The Morgan fingerprint density at radius 3 is 2.05 bits per heavy atom. The van der Waals surface area contributed by atoms with Gasteiger partial charge in [-0.15, -0.1) is 0 Å². The van der Waals surface area contributed by atoms with Gasteiger partial charge < -0.3 is 19.7 Å². The van der Waals surface area contributed by atoms with E-state index in [4.69, 9.17) is 32.7 Å². The highest BCUT2D eigenvalue weighted by Gasteiger charge is 2.33. The molecule has 1 atom stereocenters. The van der Waals surface area contributed by atoms with Crippen molar-refractivity contribution < 1.29 is 27.5 Å². The number of halogens is 2. The van der Waals surface area contributed by atoms with Gasteiger partial charge >= 0.3 is 0 Å². The highest BCUT2D eigenvalue weighted by atomic mass is 35.5. The lowest BCUT2D eigenvalue weighted by Gasteiger charge is -2.32. The van der Waals surface area contributed by atoms with Crippen LogP contribution in [0.5, 0.6) is 11.5 Å². The average molecular weight is 623 g/mol. The Bertz CT molecular complexity index is 1460. The van der Waals surface area contributed by atoms with Crippen LogP contribution in [-0.2, 0) is 26.2 Å². The summed E-state index contributed by atoms with van der Waals surface area (Å²) in [5, 5.41) is 3.42. The van der Waals surface area contributed by atoms with E-state index in [0.717, 1.165) is 4.31 Å². The molecule has 0 saturated carbocycles. The van der Waals surface area contributed by atoms with E-state index in [9.17, 15) is 18.0 Å². The van der Waals surface area contributed by atoms with Gasteiger partial charge in [-0.3, -0.25) is 13.9 Å². The minimum Gasteiger partial charge on any atom is -0.493 e. The molecule has 0 radical (unpaired) electrons. The fraction of sp³-hybridized carbons (Fsp3) is 0.310. The van der Waals surface area contributed by atoms with Gasteiger partial charge in [0, 0.05) is 34.3 Å². The van der Waals surface area contributed by atoms with Crippen molar-refractivity contribution in [2.75, 3.05) is 25.1 Å². The van der Waals surface area contributed by atoms with Crippen LogP contribution in [0.15, 0.2) is 71.6 Å². The van der Waals surface area contributed by atoms with Crippen LogP contribution in [0.4, 0.5) is 5.69 Å². The number of benzene rings is 3. The maximum Gasteiger partial charge on any atom is 0.264 e. The molecule has 12 heteroatoms. The zero-order valence-corrected chi connectivity index (χ0v) is 25.8.